The highest BCUT2D eigenvalue weighted by molar-refractivity contribution is 7.92. The summed E-state index contributed by atoms with van der Waals surface area (Å²) in [6, 6.07) is 17.3. The first-order chi connectivity index (χ1) is 38.5. The van der Waals surface area contributed by atoms with Crippen molar-refractivity contribution in [2.24, 2.45) is 5.41 Å². The molecule has 3 fully saturated rings. The summed E-state index contributed by atoms with van der Waals surface area (Å²) in [7, 11) is -3.57. The monoisotopic (exact) mass is 1150 g/mol. The number of ether oxygens (including phenoxy) is 1. The number of β-amino-alcohol motifs (C(OH)–C–C–N with tert-alkyl or cyclic N) is 1. The number of sulfone groups is 1. The van der Waals surface area contributed by atoms with Gasteiger partial charge >= 0.3 is 0 Å². The summed E-state index contributed by atoms with van der Waals surface area (Å²) in [5.41, 5.74) is 7.24. The van der Waals surface area contributed by atoms with Crippen LogP contribution in [0, 0.1) is 19.3 Å². The highest BCUT2D eigenvalue weighted by Gasteiger charge is 2.44. The average Bonchev–Trinajstić information content (AvgIpc) is 4.09. The van der Waals surface area contributed by atoms with Gasteiger partial charge in [-0.2, -0.15) is 4.98 Å². The van der Waals surface area contributed by atoms with E-state index < -0.39 is 44.6 Å². The van der Waals surface area contributed by atoms with E-state index in [1.807, 2.05) is 82.3 Å². The number of aryl methyl sites for hydroxylation is 2. The van der Waals surface area contributed by atoms with Crippen LogP contribution in [0.25, 0.3) is 10.4 Å². The molecule has 0 bridgehead atoms. The number of anilines is 5. The Labute approximate surface area is 480 Å². The Balaban J connectivity index is 0.767. The number of aliphatic hydroxyl groups is 1. The molecule has 8 rings (SSSR count). The van der Waals surface area contributed by atoms with Gasteiger partial charge in [-0.05, 0) is 108 Å². The van der Waals surface area contributed by atoms with Gasteiger partial charge in [0.1, 0.15) is 24.2 Å². The smallest absolute Gasteiger partial charge is 0.246 e. The van der Waals surface area contributed by atoms with Gasteiger partial charge in [0.15, 0.2) is 9.84 Å². The van der Waals surface area contributed by atoms with Gasteiger partial charge in [0.25, 0.3) is 0 Å². The van der Waals surface area contributed by atoms with Gasteiger partial charge in [0.05, 0.1) is 49.8 Å². The molecule has 0 radical (unpaired) electrons. The number of rotatable bonds is 21. The Kier molecular flexibility index (Phi) is 19.7. The number of nitrogens with one attached hydrogen (secondary N) is 4. The molecule has 2 aromatic heterocycles. The Hall–Kier alpha value is -6.75. The van der Waals surface area contributed by atoms with E-state index in [0.29, 0.717) is 55.5 Å². The standard InChI is InChI=1S/C59H80N12O8S2/c1-37(2)79-49-32-47(39(5)30-46(49)65-58-62-35-61-57(67-58)64-45-14-10-11-15-50(45)81(77,78)38(3)4)69-24-22-43(23-25-69)68-26-28-70(29-27-68)52(74)17-13-12-16-51(73)66-54(59(7,8)9)56(76)71-34-44(72)31-48(71)55(75)60-33-41-18-20-42(21-19-41)53-40(6)63-36-80-53/h10-11,14-15,18-21,30,32,35-38,43-44,48,54,72H,12-13,16-17,22-29,31,33-34H2,1-9H3,(H,60,75)(H,66,73)(H2,61,62,64,65,67)/t44-,48+,54-/m1/s1. The van der Waals surface area contributed by atoms with E-state index in [0.717, 1.165) is 72.0 Å². The van der Waals surface area contributed by atoms with Crippen LogP contribution in [0.15, 0.2) is 77.4 Å². The van der Waals surface area contributed by atoms with Crippen molar-refractivity contribution in [1.29, 1.82) is 0 Å². The van der Waals surface area contributed by atoms with E-state index in [2.05, 4.69) is 64.0 Å². The lowest BCUT2D eigenvalue weighted by Crippen LogP contribution is -2.57. The van der Waals surface area contributed by atoms with Gasteiger partial charge in [0.2, 0.25) is 35.5 Å². The second-order valence-corrected chi connectivity index (χ2v) is 26.4. The van der Waals surface area contributed by atoms with Crippen LogP contribution < -0.4 is 30.9 Å². The molecule has 0 saturated carbocycles. The number of unbranched alkanes of at least 4 members (excludes halogenated alkanes) is 1. The third-order valence-corrected chi connectivity index (χ3v) is 18.5. The van der Waals surface area contributed by atoms with Gasteiger partial charge in [-0.25, -0.2) is 23.4 Å². The number of piperazine rings is 1. The number of hydrogen-bond donors (Lipinski definition) is 5. The fourth-order valence-corrected chi connectivity index (χ4v) is 12.8. The van der Waals surface area contributed by atoms with E-state index in [1.165, 1.54) is 11.2 Å². The number of likely N-dealkylation sites (tertiary alicyclic amines) is 1. The van der Waals surface area contributed by atoms with Crippen molar-refractivity contribution in [2.45, 2.75) is 154 Å². The summed E-state index contributed by atoms with van der Waals surface area (Å²) in [6.45, 7) is 21.7. The lowest BCUT2D eigenvalue weighted by atomic mass is 9.85. The molecule has 3 aliphatic heterocycles. The molecular weight excluding hydrogens is 1070 g/mol. The summed E-state index contributed by atoms with van der Waals surface area (Å²) in [6.07, 6.45) is 3.92. The minimum Gasteiger partial charge on any atom is -0.489 e. The molecule has 3 saturated heterocycles. The van der Waals surface area contributed by atoms with Gasteiger partial charge in [0, 0.05) is 89.4 Å². The second kappa shape index (κ2) is 26.4. The van der Waals surface area contributed by atoms with Crippen LogP contribution in [0.5, 0.6) is 5.75 Å². The number of carbonyl (C=O) groups is 4. The molecule has 436 valence electrons. The molecule has 22 heteroatoms. The Morgan fingerprint density at radius 1 is 0.840 bits per heavy atom. The minimum atomic E-state index is -3.57. The normalized spacial score (nSPS) is 17.8. The van der Waals surface area contributed by atoms with E-state index in [9.17, 15) is 32.7 Å². The molecular formula is C59H80N12O8S2. The summed E-state index contributed by atoms with van der Waals surface area (Å²) < 4.78 is 32.5. The predicted octanol–water partition coefficient (Wildman–Crippen LogP) is 7.55. The molecule has 3 aromatic carbocycles. The van der Waals surface area contributed by atoms with Gasteiger partial charge in [-0.3, -0.25) is 24.1 Å². The zero-order valence-corrected chi connectivity index (χ0v) is 49.8. The van der Waals surface area contributed by atoms with E-state index in [1.54, 1.807) is 49.4 Å². The zero-order valence-electron chi connectivity index (χ0n) is 48.2. The van der Waals surface area contributed by atoms with Crippen LogP contribution in [0.1, 0.15) is 110 Å². The summed E-state index contributed by atoms with van der Waals surface area (Å²) in [4.78, 5) is 81.5. The van der Waals surface area contributed by atoms with Crippen LogP contribution in [0.3, 0.4) is 0 Å². The summed E-state index contributed by atoms with van der Waals surface area (Å²) in [5, 5.41) is 22.3. The predicted molar refractivity (Wildman–Crippen MR) is 316 cm³/mol. The highest BCUT2D eigenvalue weighted by atomic mass is 32.2. The molecule has 0 spiro atoms. The summed E-state index contributed by atoms with van der Waals surface area (Å²) in [5.74, 6) is 0.0987. The van der Waals surface area contributed by atoms with Crippen LogP contribution in [-0.4, -0.2) is 153 Å². The number of benzene rings is 3. The fourth-order valence-electron chi connectivity index (χ4n) is 10.7. The number of carbonyl (C=O) groups excluding carboxylic acids is 4. The van der Waals surface area contributed by atoms with Crippen LogP contribution in [0.2, 0.25) is 0 Å². The number of aromatic nitrogens is 4. The number of aliphatic hydroxyl groups excluding tert-OH is 1. The Bertz CT molecular complexity index is 3110. The number of nitrogens with zero attached hydrogens (tertiary/aromatic N) is 8. The Morgan fingerprint density at radius 3 is 2.15 bits per heavy atom. The lowest BCUT2D eigenvalue weighted by Gasteiger charge is -2.43. The van der Waals surface area contributed by atoms with E-state index >= 15 is 0 Å². The van der Waals surface area contributed by atoms with Crippen molar-refractivity contribution in [3.8, 4) is 16.2 Å². The Morgan fingerprint density at radius 2 is 1.51 bits per heavy atom. The number of amides is 4. The van der Waals surface area contributed by atoms with Crippen LogP contribution in [0.4, 0.5) is 29.0 Å². The molecule has 5 aromatic rings. The first-order valence-electron chi connectivity index (χ1n) is 28.2. The van der Waals surface area contributed by atoms with Gasteiger partial charge in [-0.15, -0.1) is 11.3 Å². The molecule has 0 unspecified atom stereocenters. The van der Waals surface area contributed by atoms with Crippen molar-refractivity contribution < 1.29 is 37.4 Å². The van der Waals surface area contributed by atoms with Crippen molar-refractivity contribution in [3.05, 3.63) is 89.3 Å². The third kappa shape index (κ3) is 15.2. The SMILES string of the molecule is Cc1cc(Nc2ncnc(Nc3ccccc3S(=O)(=O)C(C)C)n2)c(OC(C)C)cc1N1CCC(N2CCN(C(=O)CCCCC(=O)N[C@H](C(=O)N3C[C@H](O)C[C@H]3C(=O)NCc3ccc(-c4scnc4C)cc3)C(C)(C)C)CC2)CC1. The van der Waals surface area contributed by atoms with Crippen molar-refractivity contribution in [2.75, 3.05) is 61.3 Å². The maximum Gasteiger partial charge on any atom is 0.246 e. The molecule has 5 N–H and O–H groups in total. The first-order valence-corrected chi connectivity index (χ1v) is 30.7. The molecule has 3 atom stereocenters. The van der Waals surface area contributed by atoms with Crippen LogP contribution >= 0.6 is 11.3 Å². The number of para-hydroxylation sites is 1. The second-order valence-electron chi connectivity index (χ2n) is 23.1. The molecule has 20 nitrogen and oxygen atoms in total. The van der Waals surface area contributed by atoms with Crippen molar-refractivity contribution in [1.82, 2.24) is 45.3 Å². The van der Waals surface area contributed by atoms with Gasteiger partial charge in [-0.1, -0.05) is 57.2 Å². The fraction of sp³-hybridized carbons (Fsp3) is 0.525. The molecule has 5 heterocycles. The highest BCUT2D eigenvalue weighted by Crippen LogP contribution is 2.38. The van der Waals surface area contributed by atoms with Gasteiger partial charge < -0.3 is 45.8 Å². The van der Waals surface area contributed by atoms with Crippen LogP contribution in [-0.2, 0) is 35.6 Å². The molecule has 4 amide bonds. The van der Waals surface area contributed by atoms with E-state index in [-0.39, 0.29) is 66.5 Å². The summed E-state index contributed by atoms with van der Waals surface area (Å²) >= 11 is 1.57. The topological polar surface area (TPSA) is 245 Å². The largest absolute Gasteiger partial charge is 0.489 e. The number of thiazole rings is 1. The maximum atomic E-state index is 14.2. The van der Waals surface area contributed by atoms with Crippen molar-refractivity contribution in [3.63, 3.8) is 0 Å². The average molecular weight is 1150 g/mol. The molecule has 0 aliphatic carbocycles. The van der Waals surface area contributed by atoms with E-state index in [4.69, 9.17) is 4.74 Å². The maximum absolute atomic E-state index is 14.2. The third-order valence-electron chi connectivity index (χ3n) is 15.3. The molecule has 3 aliphatic rings. The molecule has 81 heavy (non-hydrogen) atoms. The van der Waals surface area contributed by atoms with Crippen molar-refractivity contribution >= 4 is 73.8 Å². The zero-order chi connectivity index (χ0) is 58.2. The minimum absolute atomic E-state index is 0.00795. The number of piperidine rings is 1. The number of hydrogen-bond acceptors (Lipinski definition) is 17. The lowest BCUT2D eigenvalue weighted by molar-refractivity contribution is -0.144. The first kappa shape index (κ1) is 60.3. The quantitative estimate of drug-likeness (QED) is 0.0445.